The van der Waals surface area contributed by atoms with Crippen LogP contribution in [0.5, 0.6) is 0 Å². The molecule has 0 fully saturated rings. The third-order valence-corrected chi connectivity index (χ3v) is 2.53. The summed E-state index contributed by atoms with van der Waals surface area (Å²) < 4.78 is 19.1. The van der Waals surface area contributed by atoms with Gasteiger partial charge in [0.15, 0.2) is 0 Å². The molecule has 0 amide bonds. The number of carbonyl (C=O) groups is 1. The average Bonchev–Trinajstić information content (AvgIpc) is 2.27. The van der Waals surface area contributed by atoms with Crippen molar-refractivity contribution >= 4 is 5.97 Å². The molecule has 1 aromatic carbocycles. The second kappa shape index (κ2) is 6.35. The van der Waals surface area contributed by atoms with Crippen LogP contribution in [0.2, 0.25) is 0 Å². The van der Waals surface area contributed by atoms with E-state index in [2.05, 4.69) is 0 Å². The SMILES string of the molecule is CCCC(C)OCc1cccc(C(=O)O)c1F. The van der Waals surface area contributed by atoms with Gasteiger partial charge in [0.05, 0.1) is 18.3 Å². The lowest BCUT2D eigenvalue weighted by molar-refractivity contribution is 0.0454. The molecule has 1 rings (SSSR count). The molecule has 1 unspecified atom stereocenters. The maximum absolute atomic E-state index is 13.7. The number of aromatic carboxylic acids is 1. The molecule has 0 aliphatic heterocycles. The van der Waals surface area contributed by atoms with E-state index in [-0.39, 0.29) is 23.8 Å². The summed E-state index contributed by atoms with van der Waals surface area (Å²) in [5, 5.41) is 8.77. The molecule has 17 heavy (non-hydrogen) atoms. The van der Waals surface area contributed by atoms with Crippen molar-refractivity contribution in [2.45, 2.75) is 39.4 Å². The molecule has 1 N–H and O–H groups in total. The zero-order valence-corrected chi connectivity index (χ0v) is 10.1. The van der Waals surface area contributed by atoms with Crippen molar-refractivity contribution in [1.82, 2.24) is 0 Å². The predicted octanol–water partition coefficient (Wildman–Crippen LogP) is 3.23. The molecule has 3 nitrogen and oxygen atoms in total. The Hall–Kier alpha value is -1.42. The molecule has 0 radical (unpaired) electrons. The molecule has 0 aliphatic carbocycles. The monoisotopic (exact) mass is 240 g/mol. The summed E-state index contributed by atoms with van der Waals surface area (Å²) in [6.07, 6.45) is 1.95. The van der Waals surface area contributed by atoms with Crippen LogP contribution < -0.4 is 0 Å². The van der Waals surface area contributed by atoms with Gasteiger partial charge in [-0.2, -0.15) is 0 Å². The Morgan fingerprint density at radius 2 is 2.24 bits per heavy atom. The molecular formula is C13H17FO3. The topological polar surface area (TPSA) is 46.5 Å². The highest BCUT2D eigenvalue weighted by Gasteiger charge is 2.14. The number of rotatable bonds is 6. The fourth-order valence-electron chi connectivity index (χ4n) is 1.58. The Morgan fingerprint density at radius 3 is 2.82 bits per heavy atom. The number of halogens is 1. The second-order valence-corrected chi connectivity index (χ2v) is 3.99. The molecule has 0 saturated carbocycles. The molecule has 0 saturated heterocycles. The summed E-state index contributed by atoms with van der Waals surface area (Å²) in [4.78, 5) is 10.7. The summed E-state index contributed by atoms with van der Waals surface area (Å²) in [7, 11) is 0. The van der Waals surface area contributed by atoms with Crippen molar-refractivity contribution < 1.29 is 19.0 Å². The van der Waals surface area contributed by atoms with E-state index in [1.54, 1.807) is 6.07 Å². The largest absolute Gasteiger partial charge is 0.478 e. The van der Waals surface area contributed by atoms with Crippen LogP contribution in [-0.2, 0) is 11.3 Å². The van der Waals surface area contributed by atoms with Gasteiger partial charge in [0, 0.05) is 5.56 Å². The summed E-state index contributed by atoms with van der Waals surface area (Å²) in [6.45, 7) is 4.07. The number of hydrogen-bond acceptors (Lipinski definition) is 2. The minimum Gasteiger partial charge on any atom is -0.478 e. The first kappa shape index (κ1) is 13.6. The van der Waals surface area contributed by atoms with E-state index >= 15 is 0 Å². The summed E-state index contributed by atoms with van der Waals surface area (Å²) in [5.74, 6) is -1.96. The van der Waals surface area contributed by atoms with E-state index in [1.165, 1.54) is 12.1 Å². The number of carboxylic acids is 1. The Bertz CT molecular complexity index is 390. The van der Waals surface area contributed by atoms with Gasteiger partial charge < -0.3 is 9.84 Å². The van der Waals surface area contributed by atoms with Gasteiger partial charge in [0.25, 0.3) is 0 Å². The average molecular weight is 240 g/mol. The van der Waals surface area contributed by atoms with Gasteiger partial charge in [-0.15, -0.1) is 0 Å². The number of carboxylic acid groups (broad SMARTS) is 1. The van der Waals surface area contributed by atoms with Gasteiger partial charge in [-0.25, -0.2) is 9.18 Å². The van der Waals surface area contributed by atoms with E-state index in [0.717, 1.165) is 12.8 Å². The minimum atomic E-state index is -1.26. The highest BCUT2D eigenvalue weighted by Crippen LogP contribution is 2.15. The molecule has 0 aliphatic rings. The lowest BCUT2D eigenvalue weighted by Crippen LogP contribution is -2.10. The molecular weight excluding hydrogens is 223 g/mol. The maximum atomic E-state index is 13.7. The standard InChI is InChI=1S/C13H17FO3/c1-3-5-9(2)17-8-10-6-4-7-11(12(10)14)13(15)16/h4,6-7,9H,3,5,8H2,1-2H3,(H,15,16). The Kier molecular flexibility index (Phi) is 5.10. The van der Waals surface area contributed by atoms with E-state index in [9.17, 15) is 9.18 Å². The number of hydrogen-bond donors (Lipinski definition) is 1. The summed E-state index contributed by atoms with van der Waals surface area (Å²) in [6, 6.07) is 4.31. The molecule has 0 aromatic heterocycles. The van der Waals surface area contributed by atoms with Crippen LogP contribution in [0, 0.1) is 5.82 Å². The van der Waals surface area contributed by atoms with Crippen molar-refractivity contribution in [3.8, 4) is 0 Å². The third-order valence-electron chi connectivity index (χ3n) is 2.53. The highest BCUT2D eigenvalue weighted by atomic mass is 19.1. The third kappa shape index (κ3) is 3.82. The molecule has 0 spiro atoms. The second-order valence-electron chi connectivity index (χ2n) is 3.99. The van der Waals surface area contributed by atoms with Crippen LogP contribution in [-0.4, -0.2) is 17.2 Å². The molecule has 1 atom stereocenters. The van der Waals surface area contributed by atoms with Crippen molar-refractivity contribution in [3.63, 3.8) is 0 Å². The Labute approximate surface area is 100 Å². The zero-order chi connectivity index (χ0) is 12.8. The van der Waals surface area contributed by atoms with Crippen molar-refractivity contribution in [2.75, 3.05) is 0 Å². The first-order chi connectivity index (χ1) is 8.06. The molecule has 94 valence electrons. The van der Waals surface area contributed by atoms with Gasteiger partial charge in [0.1, 0.15) is 5.82 Å². The quantitative estimate of drug-likeness (QED) is 0.830. The zero-order valence-electron chi connectivity index (χ0n) is 10.1. The number of ether oxygens (including phenoxy) is 1. The fourth-order valence-corrected chi connectivity index (χ4v) is 1.58. The smallest absolute Gasteiger partial charge is 0.338 e. The van der Waals surface area contributed by atoms with E-state index < -0.39 is 11.8 Å². The van der Waals surface area contributed by atoms with Crippen LogP contribution in [0.3, 0.4) is 0 Å². The van der Waals surface area contributed by atoms with Crippen LogP contribution in [0.25, 0.3) is 0 Å². The highest BCUT2D eigenvalue weighted by molar-refractivity contribution is 5.88. The van der Waals surface area contributed by atoms with E-state index in [1.807, 2.05) is 13.8 Å². The Balaban J connectivity index is 2.72. The summed E-state index contributed by atoms with van der Waals surface area (Å²) in [5.41, 5.74) is -0.0258. The first-order valence-corrected chi connectivity index (χ1v) is 5.68. The molecule has 0 heterocycles. The predicted molar refractivity (Wildman–Crippen MR) is 62.5 cm³/mol. The molecule has 4 heteroatoms. The van der Waals surface area contributed by atoms with E-state index in [4.69, 9.17) is 9.84 Å². The van der Waals surface area contributed by atoms with Crippen molar-refractivity contribution in [1.29, 1.82) is 0 Å². The van der Waals surface area contributed by atoms with Crippen molar-refractivity contribution in [2.24, 2.45) is 0 Å². The normalized spacial score (nSPS) is 12.4. The van der Waals surface area contributed by atoms with Gasteiger partial charge in [-0.1, -0.05) is 25.5 Å². The molecule has 0 bridgehead atoms. The number of benzene rings is 1. The lowest BCUT2D eigenvalue weighted by Gasteiger charge is -2.12. The van der Waals surface area contributed by atoms with Gasteiger partial charge in [0.2, 0.25) is 0 Å². The Morgan fingerprint density at radius 1 is 1.53 bits per heavy atom. The van der Waals surface area contributed by atoms with Gasteiger partial charge in [-0.3, -0.25) is 0 Å². The van der Waals surface area contributed by atoms with Crippen molar-refractivity contribution in [3.05, 3.63) is 35.1 Å². The van der Waals surface area contributed by atoms with Crippen LogP contribution >= 0.6 is 0 Å². The minimum absolute atomic E-state index is 0.0490. The summed E-state index contributed by atoms with van der Waals surface area (Å²) >= 11 is 0. The first-order valence-electron chi connectivity index (χ1n) is 5.68. The fraction of sp³-hybridized carbons (Fsp3) is 0.462. The van der Waals surface area contributed by atoms with Crippen LogP contribution in [0.15, 0.2) is 18.2 Å². The van der Waals surface area contributed by atoms with Gasteiger partial charge in [-0.05, 0) is 19.4 Å². The van der Waals surface area contributed by atoms with Crippen LogP contribution in [0.1, 0.15) is 42.6 Å². The van der Waals surface area contributed by atoms with Crippen LogP contribution in [0.4, 0.5) is 4.39 Å². The molecule has 1 aromatic rings. The van der Waals surface area contributed by atoms with E-state index in [0.29, 0.717) is 0 Å². The maximum Gasteiger partial charge on any atom is 0.338 e. The van der Waals surface area contributed by atoms with Gasteiger partial charge >= 0.3 is 5.97 Å². The lowest BCUT2D eigenvalue weighted by atomic mass is 10.1.